The van der Waals surface area contributed by atoms with E-state index in [1.807, 2.05) is 78.9 Å². The monoisotopic (exact) mass is 1670 g/mol. The van der Waals surface area contributed by atoms with Gasteiger partial charge in [-0.05, 0) is 113 Å². The zero-order valence-electron chi connectivity index (χ0n) is 68.2. The molecule has 0 saturated carbocycles. The van der Waals surface area contributed by atoms with Crippen molar-refractivity contribution in [3.8, 4) is 135 Å². The summed E-state index contributed by atoms with van der Waals surface area (Å²) in [6.07, 6.45) is 0. The van der Waals surface area contributed by atoms with Crippen LogP contribution in [0.5, 0.6) is 0 Å². The zero-order chi connectivity index (χ0) is 84.1. The molecule has 25 rings (SSSR count). The Hall–Kier alpha value is -16.1. The highest BCUT2D eigenvalue weighted by molar-refractivity contribution is 7.26. The van der Waals surface area contributed by atoms with Gasteiger partial charge in [0.05, 0.1) is 17.1 Å². The fraction of sp³-hybridized carbons (Fsp3) is 0. The molecule has 0 aliphatic rings. The molecule has 0 amide bonds. The zero-order valence-corrected chi connectivity index (χ0v) is 70.7. The molecule has 0 radical (unpaired) electrons. The van der Waals surface area contributed by atoms with Crippen molar-refractivity contribution >= 4 is 138 Å². The summed E-state index contributed by atoms with van der Waals surface area (Å²) in [6, 6.07) is 150. The highest BCUT2D eigenvalue weighted by atomic mass is 32.1. The quantitative estimate of drug-likeness (QED) is 0.110. The second-order valence-corrected chi connectivity index (χ2v) is 34.5. The van der Waals surface area contributed by atoms with Crippen LogP contribution in [0.1, 0.15) is 0 Å². The van der Waals surface area contributed by atoms with Gasteiger partial charge < -0.3 is 0 Å². The van der Waals surface area contributed by atoms with Gasteiger partial charge in [0.2, 0.25) is 0 Å². The predicted molar refractivity (Wildman–Crippen MR) is 533 cm³/mol. The molecule has 12 heteroatoms. The number of thiophene rings is 3. The lowest BCUT2D eigenvalue weighted by atomic mass is 9.93. The Balaban J connectivity index is 0.000000110. The first kappa shape index (κ1) is 75.8. The molecule has 7 aromatic heterocycles. The maximum Gasteiger partial charge on any atom is 0.164 e. The SMILES string of the molecule is c1ccc(-c2cccc(-c3nc(-c4ccc(-c5nc(-c6ccccc6)nc(-c6ccccc6)n5)cc4)c4c(n3)sc3ccccc34)c2)cc1.c1ccc(-c2nc(-c3ccc(-c4cc5ccccc5c5ccccc45)cc3)nc3sc4ccccc4c23)cc1.c1ccc(-c2nc(-c3ccc(-c4ccc5c(ccc6ccccc65)c4)cc3)nc3sc4ccccc4c23)cc1. The van der Waals surface area contributed by atoms with Crippen molar-refractivity contribution in [3.63, 3.8) is 0 Å². The van der Waals surface area contributed by atoms with E-state index in [0.717, 1.165) is 126 Å². The van der Waals surface area contributed by atoms with Crippen LogP contribution in [0.3, 0.4) is 0 Å². The van der Waals surface area contributed by atoms with Crippen LogP contribution in [0, 0.1) is 0 Å². The summed E-state index contributed by atoms with van der Waals surface area (Å²) in [6.45, 7) is 0. The molecule has 0 aliphatic heterocycles. The number of nitrogens with zero attached hydrogens (tertiary/aromatic N) is 9. The van der Waals surface area contributed by atoms with Crippen molar-refractivity contribution in [1.29, 1.82) is 0 Å². The molecule has 25 aromatic rings. The standard InChI is InChI=1S/C43H27N5S.2C36H22N2S/c1-4-13-28(14-5-1)33-19-12-20-34(27-33)42-44-38(37-35-21-10-11-22-36(35)49-43(37)48-42)29-23-25-32(26-24-29)41-46-39(30-15-6-2-7-16-30)45-40(47-41)31-17-8-3-9-18-31;1-2-10-24(11-3-1)34-33-30-16-8-9-17-32(30)39-36(33)38-35(37-34)25-20-18-23(19-21-25)31-22-26-12-4-5-13-27(26)28-14-6-7-15-29(28)31;1-2-9-25(10-3-1)34-33-31-12-6-7-13-32(31)39-36(33)38-35(37-34)26-17-14-23(15-18-26)27-20-21-30-28(22-27)19-16-24-8-4-5-11-29(24)30/h1-27H;2*1-22H. The second kappa shape index (κ2) is 33.0. The summed E-state index contributed by atoms with van der Waals surface area (Å²) in [5, 5.41) is 17.1. The molecule has 0 fully saturated rings. The highest BCUT2D eigenvalue weighted by Gasteiger charge is 2.23. The van der Waals surface area contributed by atoms with Gasteiger partial charge in [0.25, 0.3) is 0 Å². The van der Waals surface area contributed by atoms with Crippen LogP contribution in [0.25, 0.3) is 239 Å². The van der Waals surface area contributed by atoms with Gasteiger partial charge in [-0.25, -0.2) is 44.9 Å². The predicted octanol–water partition coefficient (Wildman–Crippen LogP) is 31.3. The van der Waals surface area contributed by atoms with Gasteiger partial charge in [-0.1, -0.05) is 394 Å². The second-order valence-electron chi connectivity index (χ2n) is 31.4. The summed E-state index contributed by atoms with van der Waals surface area (Å²) in [4.78, 5) is 48.5. The van der Waals surface area contributed by atoms with Crippen molar-refractivity contribution in [2.75, 3.05) is 0 Å². The first-order chi connectivity index (χ1) is 62.9. The Kier molecular flexibility index (Phi) is 19.7. The van der Waals surface area contributed by atoms with Gasteiger partial charge in [0, 0.05) is 96.5 Å². The minimum atomic E-state index is 0.617. The Morgan fingerprint density at radius 3 is 0.890 bits per heavy atom. The summed E-state index contributed by atoms with van der Waals surface area (Å²) >= 11 is 5.16. The van der Waals surface area contributed by atoms with E-state index in [4.69, 9.17) is 44.9 Å². The van der Waals surface area contributed by atoms with Crippen LogP contribution in [0.15, 0.2) is 431 Å². The lowest BCUT2D eigenvalue weighted by molar-refractivity contribution is 1.07. The summed E-state index contributed by atoms with van der Waals surface area (Å²) < 4.78 is 3.65. The van der Waals surface area contributed by atoms with Crippen molar-refractivity contribution in [2.45, 2.75) is 0 Å². The van der Waals surface area contributed by atoms with E-state index in [1.165, 1.54) is 90.2 Å². The number of rotatable bonds is 12. The number of hydrogen-bond donors (Lipinski definition) is 0. The van der Waals surface area contributed by atoms with Gasteiger partial charge in [-0.15, -0.1) is 34.0 Å². The molecular weight excluding hydrogens is 1600 g/mol. The molecule has 0 saturated heterocycles. The minimum absolute atomic E-state index is 0.617. The molecular formula is C115H71N9S3. The first-order valence-corrected chi connectivity index (χ1v) is 44.7. The molecule has 0 N–H and O–H groups in total. The molecule has 18 aromatic carbocycles. The molecule has 594 valence electrons. The van der Waals surface area contributed by atoms with Crippen molar-refractivity contribution < 1.29 is 0 Å². The Labute approximate surface area is 743 Å². The molecule has 0 spiro atoms. The average Bonchev–Trinajstić information content (AvgIpc) is 1.61. The molecule has 127 heavy (non-hydrogen) atoms. The molecule has 7 heterocycles. The van der Waals surface area contributed by atoms with Crippen molar-refractivity contribution in [1.82, 2.24) is 44.9 Å². The van der Waals surface area contributed by atoms with Gasteiger partial charge in [0.1, 0.15) is 14.5 Å². The van der Waals surface area contributed by atoms with E-state index in [2.05, 4.69) is 352 Å². The largest absolute Gasteiger partial charge is 0.227 e. The van der Waals surface area contributed by atoms with E-state index >= 15 is 0 Å². The molecule has 0 bridgehead atoms. The van der Waals surface area contributed by atoms with Crippen LogP contribution in [0.2, 0.25) is 0 Å². The van der Waals surface area contributed by atoms with E-state index in [0.29, 0.717) is 23.3 Å². The number of hydrogen-bond acceptors (Lipinski definition) is 12. The summed E-state index contributed by atoms with van der Waals surface area (Å²) in [5.74, 6) is 4.10. The van der Waals surface area contributed by atoms with Crippen molar-refractivity contribution in [3.05, 3.63) is 431 Å². The third kappa shape index (κ3) is 14.6. The third-order valence-corrected chi connectivity index (χ3v) is 26.8. The number of benzene rings is 18. The van der Waals surface area contributed by atoms with Crippen LogP contribution in [-0.4, -0.2) is 44.9 Å². The van der Waals surface area contributed by atoms with Gasteiger partial charge >= 0.3 is 0 Å². The van der Waals surface area contributed by atoms with Crippen LogP contribution in [0.4, 0.5) is 0 Å². The fourth-order valence-electron chi connectivity index (χ4n) is 17.4. The molecule has 0 unspecified atom stereocenters. The first-order valence-electron chi connectivity index (χ1n) is 42.3. The van der Waals surface area contributed by atoms with E-state index in [9.17, 15) is 0 Å². The third-order valence-electron chi connectivity index (χ3n) is 23.6. The molecule has 0 aliphatic carbocycles. The maximum atomic E-state index is 5.26. The molecule has 9 nitrogen and oxygen atoms in total. The normalized spacial score (nSPS) is 11.5. The van der Waals surface area contributed by atoms with Crippen LogP contribution in [-0.2, 0) is 0 Å². The highest BCUT2D eigenvalue weighted by Crippen LogP contribution is 2.46. The molecule has 0 atom stereocenters. The van der Waals surface area contributed by atoms with Gasteiger partial charge in [0.15, 0.2) is 34.9 Å². The van der Waals surface area contributed by atoms with Crippen LogP contribution >= 0.6 is 34.0 Å². The Morgan fingerprint density at radius 2 is 0.417 bits per heavy atom. The van der Waals surface area contributed by atoms with Crippen LogP contribution < -0.4 is 0 Å². The van der Waals surface area contributed by atoms with Crippen molar-refractivity contribution in [2.24, 2.45) is 0 Å². The Bertz CT molecular complexity index is 8420. The lowest BCUT2D eigenvalue weighted by Crippen LogP contribution is -2.00. The summed E-state index contributed by atoms with van der Waals surface area (Å²) in [5.41, 5.74) is 19.0. The van der Waals surface area contributed by atoms with Gasteiger partial charge in [-0.2, -0.15) is 0 Å². The van der Waals surface area contributed by atoms with E-state index in [-0.39, 0.29) is 0 Å². The lowest BCUT2D eigenvalue weighted by Gasteiger charge is -2.12. The van der Waals surface area contributed by atoms with E-state index < -0.39 is 0 Å². The minimum Gasteiger partial charge on any atom is -0.227 e. The summed E-state index contributed by atoms with van der Waals surface area (Å²) in [7, 11) is 0. The topological polar surface area (TPSA) is 116 Å². The Morgan fingerprint density at radius 1 is 0.142 bits per heavy atom. The average molecular weight is 1680 g/mol. The smallest absolute Gasteiger partial charge is 0.164 e. The maximum absolute atomic E-state index is 5.26. The number of aromatic nitrogens is 9. The number of fused-ring (bicyclic) bond motifs is 15. The fourth-order valence-corrected chi connectivity index (χ4v) is 20.6. The van der Waals surface area contributed by atoms with E-state index in [1.54, 1.807) is 34.0 Å². The van der Waals surface area contributed by atoms with Gasteiger partial charge in [-0.3, -0.25) is 0 Å².